The molecule has 20 heavy (non-hydrogen) atoms. The lowest BCUT2D eigenvalue weighted by Crippen LogP contribution is -2.10. The molecule has 0 amide bonds. The summed E-state index contributed by atoms with van der Waals surface area (Å²) in [7, 11) is 0. The fraction of sp³-hybridized carbons (Fsp3) is 0.231. The Bertz CT molecular complexity index is 573. The molecule has 3 nitrogen and oxygen atoms in total. The SMILES string of the molecule is FC(F)(F)c1cnc(NCCc2ccncc2)c(Cl)c1. The minimum atomic E-state index is -4.44. The molecule has 2 heterocycles. The lowest BCUT2D eigenvalue weighted by atomic mass is 10.2. The maximum atomic E-state index is 12.4. The van der Waals surface area contributed by atoms with Crippen molar-refractivity contribution in [3.63, 3.8) is 0 Å². The topological polar surface area (TPSA) is 37.8 Å². The minimum absolute atomic E-state index is 0.0467. The van der Waals surface area contributed by atoms with Crippen LogP contribution < -0.4 is 5.32 Å². The quantitative estimate of drug-likeness (QED) is 0.933. The van der Waals surface area contributed by atoms with Crippen LogP contribution in [0.25, 0.3) is 0 Å². The zero-order chi connectivity index (χ0) is 14.6. The second kappa shape index (κ2) is 6.09. The van der Waals surface area contributed by atoms with Gasteiger partial charge in [-0.15, -0.1) is 0 Å². The fourth-order valence-electron chi connectivity index (χ4n) is 1.60. The van der Waals surface area contributed by atoms with E-state index in [-0.39, 0.29) is 10.8 Å². The zero-order valence-corrected chi connectivity index (χ0v) is 11.0. The van der Waals surface area contributed by atoms with E-state index in [9.17, 15) is 13.2 Å². The number of nitrogens with one attached hydrogen (secondary N) is 1. The third kappa shape index (κ3) is 3.84. The first kappa shape index (κ1) is 14.6. The minimum Gasteiger partial charge on any atom is -0.369 e. The highest BCUT2D eigenvalue weighted by Gasteiger charge is 2.31. The molecule has 0 radical (unpaired) electrons. The molecular weight excluding hydrogens is 291 g/mol. The van der Waals surface area contributed by atoms with Crippen molar-refractivity contribution in [3.8, 4) is 0 Å². The second-order valence-electron chi connectivity index (χ2n) is 4.08. The Morgan fingerprint density at radius 1 is 1.20 bits per heavy atom. The van der Waals surface area contributed by atoms with E-state index in [4.69, 9.17) is 11.6 Å². The number of pyridine rings is 2. The molecule has 0 aliphatic heterocycles. The van der Waals surface area contributed by atoms with E-state index in [1.54, 1.807) is 12.4 Å². The standard InChI is InChI=1S/C13H11ClF3N3/c14-11-7-10(13(15,16)17)8-20-12(11)19-6-3-9-1-4-18-5-2-9/h1-2,4-5,7-8H,3,6H2,(H,19,20). The molecule has 106 valence electrons. The molecule has 0 saturated heterocycles. The van der Waals surface area contributed by atoms with Crippen LogP contribution in [0.2, 0.25) is 5.02 Å². The maximum absolute atomic E-state index is 12.4. The van der Waals surface area contributed by atoms with Crippen molar-refractivity contribution in [2.45, 2.75) is 12.6 Å². The van der Waals surface area contributed by atoms with Crippen molar-refractivity contribution < 1.29 is 13.2 Å². The molecule has 0 saturated carbocycles. The normalized spacial score (nSPS) is 11.4. The zero-order valence-electron chi connectivity index (χ0n) is 10.3. The highest BCUT2D eigenvalue weighted by Crippen LogP contribution is 2.32. The second-order valence-corrected chi connectivity index (χ2v) is 4.49. The van der Waals surface area contributed by atoms with Crippen LogP contribution in [0.4, 0.5) is 19.0 Å². The molecule has 2 aromatic rings. The number of hydrogen-bond acceptors (Lipinski definition) is 3. The van der Waals surface area contributed by atoms with Gasteiger partial charge >= 0.3 is 6.18 Å². The molecule has 0 spiro atoms. The Kier molecular flexibility index (Phi) is 4.44. The lowest BCUT2D eigenvalue weighted by Gasteiger charge is -2.10. The Morgan fingerprint density at radius 3 is 2.50 bits per heavy atom. The van der Waals surface area contributed by atoms with Crippen molar-refractivity contribution in [1.29, 1.82) is 0 Å². The molecule has 2 rings (SSSR count). The fourth-order valence-corrected chi connectivity index (χ4v) is 1.83. The first-order valence-electron chi connectivity index (χ1n) is 5.82. The van der Waals surface area contributed by atoms with E-state index in [2.05, 4.69) is 15.3 Å². The molecular formula is C13H11ClF3N3. The Hall–Kier alpha value is -1.82. The molecule has 0 bridgehead atoms. The van der Waals surface area contributed by atoms with Gasteiger partial charge in [-0.1, -0.05) is 11.6 Å². The first-order chi connectivity index (χ1) is 9.47. The van der Waals surface area contributed by atoms with E-state index in [1.807, 2.05) is 12.1 Å². The summed E-state index contributed by atoms with van der Waals surface area (Å²) in [6, 6.07) is 4.59. The molecule has 0 aliphatic rings. The van der Waals surface area contributed by atoms with Gasteiger partial charge in [-0.05, 0) is 30.2 Å². The molecule has 0 fully saturated rings. The summed E-state index contributed by atoms with van der Waals surface area (Å²) in [5.74, 6) is 0.244. The molecule has 0 unspecified atom stereocenters. The third-order valence-electron chi connectivity index (χ3n) is 2.62. The van der Waals surface area contributed by atoms with Gasteiger partial charge in [0.2, 0.25) is 0 Å². The van der Waals surface area contributed by atoms with Crippen LogP contribution in [-0.4, -0.2) is 16.5 Å². The van der Waals surface area contributed by atoms with E-state index in [1.165, 1.54) is 0 Å². The van der Waals surface area contributed by atoms with Crippen molar-refractivity contribution in [3.05, 3.63) is 52.9 Å². The highest BCUT2D eigenvalue weighted by atomic mass is 35.5. The number of nitrogens with zero attached hydrogens (tertiary/aromatic N) is 2. The van der Waals surface area contributed by atoms with Gasteiger partial charge in [0.1, 0.15) is 5.82 Å². The third-order valence-corrected chi connectivity index (χ3v) is 2.91. The molecule has 0 aliphatic carbocycles. The van der Waals surface area contributed by atoms with Gasteiger partial charge in [0.05, 0.1) is 10.6 Å². The summed E-state index contributed by atoms with van der Waals surface area (Å²) in [6.45, 7) is 0.516. The number of halogens is 4. The number of hydrogen-bond donors (Lipinski definition) is 1. The van der Waals surface area contributed by atoms with Gasteiger partial charge in [-0.25, -0.2) is 4.98 Å². The highest BCUT2D eigenvalue weighted by molar-refractivity contribution is 6.32. The van der Waals surface area contributed by atoms with Crippen LogP contribution in [0.3, 0.4) is 0 Å². The molecule has 2 aromatic heterocycles. The van der Waals surface area contributed by atoms with Gasteiger partial charge in [0, 0.05) is 25.1 Å². The maximum Gasteiger partial charge on any atom is 0.417 e. The summed E-state index contributed by atoms with van der Waals surface area (Å²) >= 11 is 5.78. The monoisotopic (exact) mass is 301 g/mol. The van der Waals surface area contributed by atoms with E-state index in [0.29, 0.717) is 13.0 Å². The average molecular weight is 302 g/mol. The van der Waals surface area contributed by atoms with Crippen LogP contribution in [0.15, 0.2) is 36.8 Å². The summed E-state index contributed by atoms with van der Waals surface area (Å²) in [4.78, 5) is 7.60. The smallest absolute Gasteiger partial charge is 0.369 e. The molecule has 7 heteroatoms. The number of alkyl halides is 3. The Morgan fingerprint density at radius 2 is 1.90 bits per heavy atom. The van der Waals surface area contributed by atoms with Crippen LogP contribution in [0.5, 0.6) is 0 Å². The van der Waals surface area contributed by atoms with Crippen molar-refractivity contribution in [1.82, 2.24) is 9.97 Å². The number of rotatable bonds is 4. The van der Waals surface area contributed by atoms with E-state index in [0.717, 1.165) is 17.8 Å². The summed E-state index contributed by atoms with van der Waals surface area (Å²) in [5, 5.41) is 2.86. The summed E-state index contributed by atoms with van der Waals surface area (Å²) in [5.41, 5.74) is 0.206. The number of aromatic nitrogens is 2. The molecule has 0 atom stereocenters. The van der Waals surface area contributed by atoms with Gasteiger partial charge in [0.25, 0.3) is 0 Å². The largest absolute Gasteiger partial charge is 0.417 e. The van der Waals surface area contributed by atoms with Gasteiger partial charge in [0.15, 0.2) is 0 Å². The van der Waals surface area contributed by atoms with Crippen LogP contribution in [0, 0.1) is 0 Å². The van der Waals surface area contributed by atoms with E-state index < -0.39 is 11.7 Å². The van der Waals surface area contributed by atoms with Gasteiger partial charge < -0.3 is 5.32 Å². The van der Waals surface area contributed by atoms with Crippen LogP contribution >= 0.6 is 11.6 Å². The number of anilines is 1. The van der Waals surface area contributed by atoms with Crippen molar-refractivity contribution in [2.24, 2.45) is 0 Å². The Labute approximate surface area is 118 Å². The lowest BCUT2D eigenvalue weighted by molar-refractivity contribution is -0.137. The van der Waals surface area contributed by atoms with Crippen molar-refractivity contribution >= 4 is 17.4 Å². The molecule has 0 aromatic carbocycles. The molecule has 1 N–H and O–H groups in total. The van der Waals surface area contributed by atoms with Gasteiger partial charge in [-0.2, -0.15) is 13.2 Å². The Balaban J connectivity index is 1.97. The summed E-state index contributed by atoms with van der Waals surface area (Å²) in [6.07, 6.45) is 0.381. The van der Waals surface area contributed by atoms with Crippen LogP contribution in [-0.2, 0) is 12.6 Å². The summed E-state index contributed by atoms with van der Waals surface area (Å²) < 4.78 is 37.3. The first-order valence-corrected chi connectivity index (χ1v) is 6.20. The predicted molar refractivity (Wildman–Crippen MR) is 70.7 cm³/mol. The van der Waals surface area contributed by atoms with E-state index >= 15 is 0 Å². The van der Waals surface area contributed by atoms with Crippen molar-refractivity contribution in [2.75, 3.05) is 11.9 Å². The average Bonchev–Trinajstić information content (AvgIpc) is 2.40. The van der Waals surface area contributed by atoms with Crippen LogP contribution in [0.1, 0.15) is 11.1 Å². The predicted octanol–water partition coefficient (Wildman–Crippen LogP) is 3.80. The van der Waals surface area contributed by atoms with Gasteiger partial charge in [-0.3, -0.25) is 4.98 Å².